The molecule has 3 aliphatic rings. The molecule has 2 heterocycles. The zero-order chi connectivity index (χ0) is 21.5. The van der Waals surface area contributed by atoms with Crippen molar-refractivity contribution in [2.24, 2.45) is 5.73 Å². The molecule has 1 aliphatic carbocycles. The van der Waals surface area contributed by atoms with E-state index in [-0.39, 0.29) is 43.9 Å². The Morgan fingerprint density at radius 1 is 1.17 bits per heavy atom. The van der Waals surface area contributed by atoms with Gasteiger partial charge in [0.1, 0.15) is 6.04 Å². The number of carbonyl (C=O) groups excluding carboxylic acids is 3. The highest BCUT2D eigenvalue weighted by Crippen LogP contribution is 2.37. The summed E-state index contributed by atoms with van der Waals surface area (Å²) in [5.41, 5.74) is 7.99. The molecule has 0 aromatic heterocycles. The molecule has 9 heteroatoms. The van der Waals surface area contributed by atoms with Crippen molar-refractivity contribution >= 4 is 17.7 Å². The highest BCUT2D eigenvalue weighted by molar-refractivity contribution is 6.05. The number of fused-ring (bicyclic) bond motifs is 1. The normalized spacial score (nSPS) is 25.2. The molecule has 4 N–H and O–H groups in total. The van der Waals surface area contributed by atoms with E-state index in [9.17, 15) is 23.2 Å². The zero-order valence-electron chi connectivity index (χ0n) is 16.7. The highest BCUT2D eigenvalue weighted by Gasteiger charge is 2.41. The lowest BCUT2D eigenvalue weighted by Crippen LogP contribution is -2.52. The Balaban J connectivity index is 1.35. The van der Waals surface area contributed by atoms with Crippen LogP contribution in [0.25, 0.3) is 0 Å². The minimum Gasteiger partial charge on any atom is -0.324 e. The Hall–Kier alpha value is -2.39. The lowest BCUT2D eigenvalue weighted by Gasteiger charge is -2.37. The van der Waals surface area contributed by atoms with Crippen LogP contribution in [0.15, 0.2) is 18.2 Å². The molecule has 30 heavy (non-hydrogen) atoms. The number of nitrogens with two attached hydrogens (primary N) is 1. The maximum Gasteiger partial charge on any atom is 0.255 e. The molecule has 1 saturated carbocycles. The van der Waals surface area contributed by atoms with Crippen molar-refractivity contribution < 1.29 is 23.2 Å². The van der Waals surface area contributed by atoms with Gasteiger partial charge in [-0.15, -0.1) is 0 Å². The van der Waals surface area contributed by atoms with Gasteiger partial charge in [0.25, 0.3) is 5.91 Å². The lowest BCUT2D eigenvalue weighted by atomic mass is 9.80. The number of piperidine rings is 1. The standard InChI is InChI=1S/C21H26F2N4O3/c22-21(23)7-5-20(24,6-8-21)12-25-10-13-1-2-15-14(9-13)11-27(19(15)30)16-3-4-17(28)26-18(16)29/h1-2,9,16,25H,3-8,10-12,24H2,(H,26,28,29). The van der Waals surface area contributed by atoms with Gasteiger partial charge in [0.2, 0.25) is 17.7 Å². The van der Waals surface area contributed by atoms with Gasteiger partial charge in [0, 0.05) is 50.0 Å². The Morgan fingerprint density at radius 2 is 1.90 bits per heavy atom. The van der Waals surface area contributed by atoms with Crippen LogP contribution in [-0.2, 0) is 22.7 Å². The molecule has 0 radical (unpaired) electrons. The van der Waals surface area contributed by atoms with Crippen LogP contribution in [0.5, 0.6) is 0 Å². The van der Waals surface area contributed by atoms with E-state index in [1.165, 1.54) is 4.90 Å². The number of hydrogen-bond donors (Lipinski definition) is 3. The number of hydrogen-bond acceptors (Lipinski definition) is 5. The number of nitrogens with zero attached hydrogens (tertiary/aromatic N) is 1. The van der Waals surface area contributed by atoms with Crippen LogP contribution in [0, 0.1) is 0 Å². The SMILES string of the molecule is NC1(CNCc2ccc3c(c2)CN(C2CCC(=O)NC2=O)C3=O)CCC(F)(F)CC1. The average Bonchev–Trinajstić information content (AvgIpc) is 3.01. The van der Waals surface area contributed by atoms with Gasteiger partial charge < -0.3 is 16.0 Å². The second-order valence-corrected chi connectivity index (χ2v) is 8.71. The summed E-state index contributed by atoms with van der Waals surface area (Å²) >= 11 is 0. The second-order valence-electron chi connectivity index (χ2n) is 8.71. The summed E-state index contributed by atoms with van der Waals surface area (Å²) in [6.07, 6.45) is 0.763. The number of rotatable bonds is 5. The molecule has 1 aromatic carbocycles. The Morgan fingerprint density at radius 3 is 2.60 bits per heavy atom. The molecule has 0 bridgehead atoms. The third-order valence-corrected chi connectivity index (χ3v) is 6.37. The van der Waals surface area contributed by atoms with Crippen molar-refractivity contribution in [3.05, 3.63) is 34.9 Å². The number of amides is 3. The predicted octanol–water partition coefficient (Wildman–Crippen LogP) is 1.44. The van der Waals surface area contributed by atoms with E-state index in [1.54, 1.807) is 6.07 Å². The van der Waals surface area contributed by atoms with Crippen molar-refractivity contribution in [1.82, 2.24) is 15.5 Å². The van der Waals surface area contributed by atoms with Crippen molar-refractivity contribution in [2.45, 2.75) is 69.1 Å². The quantitative estimate of drug-likeness (QED) is 0.626. The third-order valence-electron chi connectivity index (χ3n) is 6.37. The van der Waals surface area contributed by atoms with Gasteiger partial charge in [-0.05, 0) is 36.5 Å². The van der Waals surface area contributed by atoms with E-state index in [0.29, 0.717) is 31.6 Å². The summed E-state index contributed by atoms with van der Waals surface area (Å²) in [5, 5.41) is 5.55. The van der Waals surface area contributed by atoms with Crippen molar-refractivity contribution in [3.63, 3.8) is 0 Å². The fraction of sp³-hybridized carbons (Fsp3) is 0.571. The fourth-order valence-electron chi connectivity index (χ4n) is 4.48. The number of nitrogens with one attached hydrogen (secondary N) is 2. The van der Waals surface area contributed by atoms with Gasteiger partial charge in [-0.3, -0.25) is 19.7 Å². The van der Waals surface area contributed by atoms with E-state index >= 15 is 0 Å². The fourth-order valence-corrected chi connectivity index (χ4v) is 4.48. The predicted molar refractivity (Wildman–Crippen MR) is 105 cm³/mol. The smallest absolute Gasteiger partial charge is 0.255 e. The van der Waals surface area contributed by atoms with Crippen molar-refractivity contribution in [2.75, 3.05) is 6.54 Å². The summed E-state index contributed by atoms with van der Waals surface area (Å²) in [4.78, 5) is 37.7. The maximum atomic E-state index is 13.4. The molecule has 1 saturated heterocycles. The molecule has 2 fully saturated rings. The molecular formula is C21H26F2N4O3. The van der Waals surface area contributed by atoms with E-state index in [0.717, 1.165) is 11.1 Å². The van der Waals surface area contributed by atoms with Gasteiger partial charge in [0.15, 0.2) is 0 Å². The third kappa shape index (κ3) is 4.22. The van der Waals surface area contributed by atoms with Gasteiger partial charge >= 0.3 is 0 Å². The topological polar surface area (TPSA) is 105 Å². The zero-order valence-corrected chi connectivity index (χ0v) is 16.7. The van der Waals surface area contributed by atoms with Gasteiger partial charge in [0.05, 0.1) is 0 Å². The summed E-state index contributed by atoms with van der Waals surface area (Å²) in [6, 6.07) is 4.88. The molecule has 7 nitrogen and oxygen atoms in total. The summed E-state index contributed by atoms with van der Waals surface area (Å²) in [7, 11) is 0. The van der Waals surface area contributed by atoms with Crippen LogP contribution in [0.2, 0.25) is 0 Å². The highest BCUT2D eigenvalue weighted by atomic mass is 19.3. The first-order valence-electron chi connectivity index (χ1n) is 10.3. The lowest BCUT2D eigenvalue weighted by molar-refractivity contribution is -0.136. The maximum absolute atomic E-state index is 13.4. The largest absolute Gasteiger partial charge is 0.324 e. The van der Waals surface area contributed by atoms with Crippen molar-refractivity contribution in [1.29, 1.82) is 0 Å². The van der Waals surface area contributed by atoms with Crippen LogP contribution in [0.4, 0.5) is 8.78 Å². The number of imide groups is 1. The van der Waals surface area contributed by atoms with Crippen LogP contribution in [0.1, 0.15) is 60.0 Å². The Kier molecular flexibility index (Phi) is 5.36. The number of alkyl halides is 2. The van der Waals surface area contributed by atoms with Crippen LogP contribution in [0.3, 0.4) is 0 Å². The number of benzene rings is 1. The number of carbonyl (C=O) groups is 3. The molecule has 162 valence electrons. The molecule has 0 spiro atoms. The average molecular weight is 420 g/mol. The Bertz CT molecular complexity index is 879. The molecule has 2 aliphatic heterocycles. The van der Waals surface area contributed by atoms with Crippen LogP contribution < -0.4 is 16.4 Å². The van der Waals surface area contributed by atoms with E-state index in [1.807, 2.05) is 12.1 Å². The second kappa shape index (κ2) is 7.70. The van der Waals surface area contributed by atoms with E-state index in [4.69, 9.17) is 5.73 Å². The minimum atomic E-state index is -2.61. The molecule has 3 amide bonds. The summed E-state index contributed by atoms with van der Waals surface area (Å²) in [5.74, 6) is -3.55. The first kappa shape index (κ1) is 20.9. The minimum absolute atomic E-state index is 0.178. The van der Waals surface area contributed by atoms with Crippen LogP contribution >= 0.6 is 0 Å². The molecule has 1 aromatic rings. The summed E-state index contributed by atoms with van der Waals surface area (Å²) < 4.78 is 26.7. The molecule has 1 unspecified atom stereocenters. The summed E-state index contributed by atoms with van der Waals surface area (Å²) in [6.45, 7) is 1.28. The van der Waals surface area contributed by atoms with Gasteiger partial charge in [-0.25, -0.2) is 8.78 Å². The first-order chi connectivity index (χ1) is 14.2. The van der Waals surface area contributed by atoms with Crippen LogP contribution in [-0.4, -0.2) is 46.7 Å². The number of halogens is 2. The van der Waals surface area contributed by atoms with Gasteiger partial charge in [-0.1, -0.05) is 12.1 Å². The van der Waals surface area contributed by atoms with E-state index < -0.39 is 23.4 Å². The van der Waals surface area contributed by atoms with E-state index in [2.05, 4.69) is 10.6 Å². The van der Waals surface area contributed by atoms with Crippen molar-refractivity contribution in [3.8, 4) is 0 Å². The Labute approximate surface area is 173 Å². The monoisotopic (exact) mass is 420 g/mol. The molecular weight excluding hydrogens is 394 g/mol. The molecule has 4 rings (SSSR count). The first-order valence-corrected chi connectivity index (χ1v) is 10.3. The van der Waals surface area contributed by atoms with Gasteiger partial charge in [-0.2, -0.15) is 0 Å². The molecule has 1 atom stereocenters.